The second-order valence-electron chi connectivity index (χ2n) is 5.34. The highest BCUT2D eigenvalue weighted by Gasteiger charge is 2.25. The molecule has 4 nitrogen and oxygen atoms in total. The Morgan fingerprint density at radius 2 is 2.10 bits per heavy atom. The topological polar surface area (TPSA) is 44.7 Å². The molecule has 0 spiro atoms. The summed E-state index contributed by atoms with van der Waals surface area (Å²) >= 11 is 0. The summed E-state index contributed by atoms with van der Waals surface area (Å²) in [4.78, 5) is 2.47. The first kappa shape index (κ1) is 15.1. The minimum absolute atomic E-state index is 0.284. The summed E-state index contributed by atoms with van der Waals surface area (Å²) in [5, 5.41) is 13.8. The molecule has 1 saturated heterocycles. The van der Waals surface area contributed by atoms with Crippen molar-refractivity contribution in [2.75, 3.05) is 33.3 Å². The number of unbranched alkanes of at least 4 members (excludes halogenated alkanes) is 1. The Bertz CT molecular complexity index is 417. The van der Waals surface area contributed by atoms with Crippen LogP contribution in [0.3, 0.4) is 0 Å². The summed E-state index contributed by atoms with van der Waals surface area (Å²) in [7, 11) is 1.60. The number of methoxy groups -OCH3 is 1. The van der Waals surface area contributed by atoms with Gasteiger partial charge in [-0.05, 0) is 12.5 Å². The Morgan fingerprint density at radius 3 is 2.75 bits per heavy atom. The summed E-state index contributed by atoms with van der Waals surface area (Å²) in [6, 6.07) is 6.09. The maximum atomic E-state index is 10.4. The fraction of sp³-hybridized carbons (Fsp3) is 0.625. The lowest BCUT2D eigenvalue weighted by molar-refractivity contribution is 0.160. The lowest BCUT2D eigenvalue weighted by atomic mass is 9.97. The molecule has 1 aromatic rings. The van der Waals surface area contributed by atoms with Crippen LogP contribution in [0.2, 0.25) is 0 Å². The molecule has 1 aliphatic rings. The molecule has 0 amide bonds. The quantitative estimate of drug-likeness (QED) is 0.839. The highest BCUT2D eigenvalue weighted by atomic mass is 16.5. The van der Waals surface area contributed by atoms with Crippen molar-refractivity contribution >= 4 is 0 Å². The Kier molecular flexibility index (Phi) is 5.68. The van der Waals surface area contributed by atoms with Crippen molar-refractivity contribution in [1.82, 2.24) is 10.2 Å². The van der Waals surface area contributed by atoms with Gasteiger partial charge in [0.25, 0.3) is 0 Å². The number of nitrogens with zero attached hydrogens (tertiary/aromatic N) is 1. The average molecular weight is 278 g/mol. The van der Waals surface area contributed by atoms with Crippen LogP contribution >= 0.6 is 0 Å². The lowest BCUT2D eigenvalue weighted by Gasteiger charge is -2.35. The molecule has 0 bridgehead atoms. The van der Waals surface area contributed by atoms with Gasteiger partial charge < -0.3 is 15.2 Å². The number of hydrogen-bond acceptors (Lipinski definition) is 4. The molecule has 0 unspecified atom stereocenters. The number of benzene rings is 1. The number of piperazine rings is 1. The van der Waals surface area contributed by atoms with Crippen LogP contribution in [0.25, 0.3) is 0 Å². The minimum atomic E-state index is 0.284. The predicted octanol–water partition coefficient (Wildman–Crippen LogP) is 2.54. The molecule has 0 radical (unpaired) electrons. The number of phenolic OH excluding ortho intramolecular Hbond substituents is 1. The van der Waals surface area contributed by atoms with Gasteiger partial charge in [0, 0.05) is 37.8 Å². The number of rotatable bonds is 6. The van der Waals surface area contributed by atoms with E-state index >= 15 is 0 Å². The van der Waals surface area contributed by atoms with Crippen LogP contribution in [0.1, 0.15) is 37.8 Å². The van der Waals surface area contributed by atoms with Crippen LogP contribution in [-0.4, -0.2) is 43.3 Å². The van der Waals surface area contributed by atoms with Gasteiger partial charge >= 0.3 is 0 Å². The molecule has 0 aromatic heterocycles. The van der Waals surface area contributed by atoms with E-state index in [1.54, 1.807) is 7.11 Å². The number of phenols is 1. The van der Waals surface area contributed by atoms with E-state index in [2.05, 4.69) is 17.1 Å². The second-order valence-corrected chi connectivity index (χ2v) is 5.34. The Hall–Kier alpha value is -1.26. The molecule has 1 aliphatic heterocycles. The van der Waals surface area contributed by atoms with Crippen LogP contribution in [0, 0.1) is 0 Å². The normalized spacial score (nSPS) is 17.9. The van der Waals surface area contributed by atoms with Gasteiger partial charge in [-0.1, -0.05) is 31.9 Å². The maximum Gasteiger partial charge on any atom is 0.162 e. The van der Waals surface area contributed by atoms with Crippen molar-refractivity contribution in [2.45, 2.75) is 32.2 Å². The van der Waals surface area contributed by atoms with Crippen LogP contribution in [0.5, 0.6) is 11.5 Å². The van der Waals surface area contributed by atoms with Gasteiger partial charge in [0.05, 0.1) is 7.11 Å². The highest BCUT2D eigenvalue weighted by molar-refractivity contribution is 5.46. The first-order valence-electron chi connectivity index (χ1n) is 7.58. The van der Waals surface area contributed by atoms with Gasteiger partial charge in [-0.2, -0.15) is 0 Å². The minimum Gasteiger partial charge on any atom is -0.504 e. The average Bonchev–Trinajstić information content (AvgIpc) is 2.50. The summed E-state index contributed by atoms with van der Waals surface area (Å²) in [5.74, 6) is 0.869. The number of hydrogen-bond donors (Lipinski definition) is 2. The van der Waals surface area contributed by atoms with Crippen molar-refractivity contribution in [1.29, 1.82) is 0 Å². The first-order valence-corrected chi connectivity index (χ1v) is 7.58. The van der Waals surface area contributed by atoms with Crippen molar-refractivity contribution in [2.24, 2.45) is 0 Å². The largest absolute Gasteiger partial charge is 0.504 e. The third kappa shape index (κ3) is 3.44. The van der Waals surface area contributed by atoms with Crippen LogP contribution in [-0.2, 0) is 0 Å². The molecule has 0 aliphatic carbocycles. The van der Waals surface area contributed by atoms with Gasteiger partial charge in [0.1, 0.15) is 0 Å². The molecule has 0 saturated carbocycles. The third-order valence-corrected chi connectivity index (χ3v) is 4.03. The van der Waals surface area contributed by atoms with Crippen molar-refractivity contribution in [3.05, 3.63) is 23.8 Å². The van der Waals surface area contributed by atoms with Gasteiger partial charge in [0.15, 0.2) is 11.5 Å². The van der Waals surface area contributed by atoms with Gasteiger partial charge in [-0.15, -0.1) is 0 Å². The van der Waals surface area contributed by atoms with Crippen molar-refractivity contribution in [3.63, 3.8) is 0 Å². The van der Waals surface area contributed by atoms with E-state index in [4.69, 9.17) is 4.74 Å². The van der Waals surface area contributed by atoms with E-state index in [0.717, 1.165) is 38.2 Å². The molecule has 20 heavy (non-hydrogen) atoms. The number of ether oxygens (including phenoxy) is 1. The van der Waals surface area contributed by atoms with Crippen molar-refractivity contribution in [3.8, 4) is 11.5 Å². The molecule has 1 fully saturated rings. The standard InChI is InChI=1S/C16H26N2O2/c1-3-4-7-14(18-11-9-17-10-12-18)13-6-5-8-15(20-2)16(13)19/h5-6,8,14,17,19H,3-4,7,9-12H2,1-2H3/t14-/m1/s1. The van der Waals surface area contributed by atoms with E-state index in [-0.39, 0.29) is 6.04 Å². The Balaban J connectivity index is 2.25. The van der Waals surface area contributed by atoms with Gasteiger partial charge in [-0.3, -0.25) is 4.90 Å². The van der Waals surface area contributed by atoms with Crippen molar-refractivity contribution < 1.29 is 9.84 Å². The molecular formula is C16H26N2O2. The van der Waals surface area contributed by atoms with E-state index in [1.165, 1.54) is 12.8 Å². The molecule has 2 rings (SSSR count). The fourth-order valence-corrected chi connectivity index (χ4v) is 2.90. The Morgan fingerprint density at radius 1 is 1.35 bits per heavy atom. The molecule has 1 heterocycles. The number of aromatic hydroxyl groups is 1. The maximum absolute atomic E-state index is 10.4. The molecule has 2 N–H and O–H groups in total. The summed E-state index contributed by atoms with van der Waals surface area (Å²) < 4.78 is 5.25. The number of para-hydroxylation sites is 1. The van der Waals surface area contributed by atoms with Gasteiger partial charge in [0.2, 0.25) is 0 Å². The summed E-state index contributed by atoms with van der Waals surface area (Å²) in [5.41, 5.74) is 1.000. The summed E-state index contributed by atoms with van der Waals surface area (Å²) in [6.07, 6.45) is 3.43. The van der Waals surface area contributed by atoms with Gasteiger partial charge in [-0.25, -0.2) is 0 Å². The zero-order valence-corrected chi connectivity index (χ0v) is 12.6. The van der Waals surface area contributed by atoms with Crippen LogP contribution < -0.4 is 10.1 Å². The molecular weight excluding hydrogens is 252 g/mol. The summed E-state index contributed by atoms with van der Waals surface area (Å²) in [6.45, 7) is 6.32. The zero-order chi connectivity index (χ0) is 14.4. The second kappa shape index (κ2) is 7.50. The molecule has 4 heteroatoms. The SMILES string of the molecule is CCCC[C@H](c1cccc(OC)c1O)N1CCNCC1. The Labute approximate surface area is 121 Å². The molecule has 1 atom stereocenters. The zero-order valence-electron chi connectivity index (χ0n) is 12.6. The first-order chi connectivity index (χ1) is 9.77. The van der Waals surface area contributed by atoms with E-state index in [9.17, 15) is 5.11 Å². The van der Waals surface area contributed by atoms with Crippen LogP contribution in [0.15, 0.2) is 18.2 Å². The fourth-order valence-electron chi connectivity index (χ4n) is 2.90. The third-order valence-electron chi connectivity index (χ3n) is 4.03. The smallest absolute Gasteiger partial charge is 0.162 e. The predicted molar refractivity (Wildman–Crippen MR) is 81.4 cm³/mol. The highest BCUT2D eigenvalue weighted by Crippen LogP contribution is 2.38. The van der Waals surface area contributed by atoms with E-state index in [1.807, 2.05) is 18.2 Å². The number of nitrogens with one attached hydrogen (secondary N) is 1. The monoisotopic (exact) mass is 278 g/mol. The van der Waals surface area contributed by atoms with E-state index < -0.39 is 0 Å². The van der Waals surface area contributed by atoms with E-state index in [0.29, 0.717) is 11.5 Å². The van der Waals surface area contributed by atoms with Crippen LogP contribution in [0.4, 0.5) is 0 Å². The molecule has 1 aromatic carbocycles. The lowest BCUT2D eigenvalue weighted by Crippen LogP contribution is -2.45. The molecule has 112 valence electrons.